The molecule has 1 aliphatic heterocycles. The fourth-order valence-corrected chi connectivity index (χ4v) is 3.10. The number of nitrogens with zero attached hydrogens (tertiary/aromatic N) is 1. The summed E-state index contributed by atoms with van der Waals surface area (Å²) in [4.78, 5) is 26.0. The van der Waals surface area contributed by atoms with Gasteiger partial charge in [0.15, 0.2) is 5.78 Å². The van der Waals surface area contributed by atoms with Crippen molar-refractivity contribution in [1.82, 2.24) is 0 Å². The number of rotatable bonds is 4. The summed E-state index contributed by atoms with van der Waals surface area (Å²) in [5, 5.41) is 19.5. The highest BCUT2D eigenvalue weighted by atomic mass is 19.1. The number of carbonyl (C=O) groups is 2. The van der Waals surface area contributed by atoms with E-state index >= 15 is 0 Å². The molecular formula is C19H18FNO4. The number of hydrogen-bond donors (Lipinski definition) is 2. The average Bonchev–Trinajstić information content (AvgIpc) is 2.61. The summed E-state index contributed by atoms with van der Waals surface area (Å²) in [7, 11) is 0. The van der Waals surface area contributed by atoms with Gasteiger partial charge in [0.25, 0.3) is 0 Å². The summed E-state index contributed by atoms with van der Waals surface area (Å²) in [5.41, 5.74) is 0.180. The van der Waals surface area contributed by atoms with E-state index in [1.54, 1.807) is 6.07 Å². The lowest BCUT2D eigenvalue weighted by molar-refractivity contribution is 0.0692. The van der Waals surface area contributed by atoms with Crippen molar-refractivity contribution in [3.05, 3.63) is 58.9 Å². The van der Waals surface area contributed by atoms with E-state index in [1.807, 2.05) is 0 Å². The zero-order chi connectivity index (χ0) is 18.0. The van der Waals surface area contributed by atoms with Crippen LogP contribution in [0.25, 0.3) is 0 Å². The summed E-state index contributed by atoms with van der Waals surface area (Å²) < 4.78 is 13.5. The number of hydrogen-bond acceptors (Lipinski definition) is 4. The maximum atomic E-state index is 13.5. The van der Waals surface area contributed by atoms with Gasteiger partial charge in [0.1, 0.15) is 11.6 Å². The highest BCUT2D eigenvalue weighted by Crippen LogP contribution is 2.29. The van der Waals surface area contributed by atoms with Crippen LogP contribution < -0.4 is 4.90 Å². The largest absolute Gasteiger partial charge is 0.507 e. The number of aromatic carboxylic acids is 1. The number of carbonyl (C=O) groups excluding carboxylic acids is 1. The van der Waals surface area contributed by atoms with E-state index in [1.165, 1.54) is 18.6 Å². The van der Waals surface area contributed by atoms with E-state index in [0.29, 0.717) is 0 Å². The molecule has 1 fully saturated rings. The fraction of sp³-hybridized carbons (Fsp3) is 0.263. The number of aromatic hydroxyl groups is 1. The lowest BCUT2D eigenvalue weighted by Crippen LogP contribution is -2.29. The Morgan fingerprint density at radius 1 is 0.920 bits per heavy atom. The zero-order valence-electron chi connectivity index (χ0n) is 13.5. The first-order valence-corrected chi connectivity index (χ1v) is 8.13. The van der Waals surface area contributed by atoms with Crippen molar-refractivity contribution >= 4 is 17.4 Å². The average molecular weight is 343 g/mol. The van der Waals surface area contributed by atoms with Crippen LogP contribution in [0.3, 0.4) is 0 Å². The molecule has 0 unspecified atom stereocenters. The topological polar surface area (TPSA) is 77.8 Å². The highest BCUT2D eigenvalue weighted by Gasteiger charge is 2.22. The Kier molecular flexibility index (Phi) is 4.70. The molecule has 0 radical (unpaired) electrons. The Morgan fingerprint density at radius 2 is 1.60 bits per heavy atom. The maximum absolute atomic E-state index is 13.5. The quantitative estimate of drug-likeness (QED) is 0.832. The van der Waals surface area contributed by atoms with Gasteiger partial charge in [-0.3, -0.25) is 4.79 Å². The first-order chi connectivity index (χ1) is 12.0. The third-order valence-corrected chi connectivity index (χ3v) is 4.40. The Labute approximate surface area is 144 Å². The number of phenolic OH excluding ortho intramolecular Hbond substituents is 1. The number of carboxylic acid groups (broad SMARTS) is 1. The molecule has 1 heterocycles. The fourth-order valence-electron chi connectivity index (χ4n) is 3.10. The number of benzene rings is 2. The number of phenols is 1. The molecule has 0 bridgehead atoms. The van der Waals surface area contributed by atoms with Gasteiger partial charge in [0.05, 0.1) is 11.1 Å². The Balaban J connectivity index is 1.95. The molecule has 3 rings (SSSR count). The summed E-state index contributed by atoms with van der Waals surface area (Å²) >= 11 is 0. The first kappa shape index (κ1) is 17.0. The Hall–Kier alpha value is -2.89. The molecule has 130 valence electrons. The molecule has 1 saturated heterocycles. The van der Waals surface area contributed by atoms with E-state index in [4.69, 9.17) is 0 Å². The number of anilines is 1. The number of halogens is 1. The molecule has 0 saturated carbocycles. The Bertz CT molecular complexity index is 828. The number of carboxylic acids is 1. The third kappa shape index (κ3) is 3.47. The second-order valence-electron chi connectivity index (χ2n) is 6.07. The van der Waals surface area contributed by atoms with E-state index < -0.39 is 17.6 Å². The van der Waals surface area contributed by atoms with Gasteiger partial charge in [-0.15, -0.1) is 0 Å². The van der Waals surface area contributed by atoms with Crippen molar-refractivity contribution < 1.29 is 24.2 Å². The molecule has 2 N–H and O–H groups in total. The van der Waals surface area contributed by atoms with Crippen molar-refractivity contribution in [2.75, 3.05) is 18.0 Å². The molecule has 6 heteroatoms. The first-order valence-electron chi connectivity index (χ1n) is 8.13. The van der Waals surface area contributed by atoms with E-state index in [0.717, 1.165) is 49.8 Å². The lowest BCUT2D eigenvalue weighted by atomic mass is 9.97. The van der Waals surface area contributed by atoms with E-state index in [2.05, 4.69) is 4.90 Å². The molecular weight excluding hydrogens is 325 g/mol. The minimum absolute atomic E-state index is 0.0474. The van der Waals surface area contributed by atoms with Gasteiger partial charge < -0.3 is 15.1 Å². The number of piperidine rings is 1. The molecule has 2 aromatic rings. The van der Waals surface area contributed by atoms with Crippen LogP contribution in [0.1, 0.15) is 45.5 Å². The van der Waals surface area contributed by atoms with Crippen LogP contribution in [-0.2, 0) is 0 Å². The number of ketones is 1. The molecule has 2 aromatic carbocycles. The molecule has 0 aromatic heterocycles. The van der Waals surface area contributed by atoms with Crippen molar-refractivity contribution in [3.63, 3.8) is 0 Å². The van der Waals surface area contributed by atoms with Crippen LogP contribution >= 0.6 is 0 Å². The van der Waals surface area contributed by atoms with Gasteiger partial charge in [0.2, 0.25) is 0 Å². The minimum atomic E-state index is -1.33. The third-order valence-electron chi connectivity index (χ3n) is 4.40. The van der Waals surface area contributed by atoms with Gasteiger partial charge >= 0.3 is 5.97 Å². The second-order valence-corrected chi connectivity index (χ2v) is 6.07. The van der Waals surface area contributed by atoms with Crippen LogP contribution in [0.4, 0.5) is 10.1 Å². The smallest absolute Gasteiger partial charge is 0.336 e. The van der Waals surface area contributed by atoms with Crippen LogP contribution in [0.15, 0.2) is 36.4 Å². The minimum Gasteiger partial charge on any atom is -0.507 e. The van der Waals surface area contributed by atoms with Crippen molar-refractivity contribution in [2.24, 2.45) is 0 Å². The summed E-state index contributed by atoms with van der Waals surface area (Å²) in [6.45, 7) is 1.78. The van der Waals surface area contributed by atoms with E-state index in [-0.39, 0.29) is 22.4 Å². The summed E-state index contributed by atoms with van der Waals surface area (Å²) in [6.07, 6.45) is 3.33. The molecule has 0 spiro atoms. The summed E-state index contributed by atoms with van der Waals surface area (Å²) in [5.74, 6) is -3.00. The molecule has 0 atom stereocenters. The molecule has 0 aliphatic carbocycles. The molecule has 0 amide bonds. The van der Waals surface area contributed by atoms with Crippen LogP contribution in [-0.4, -0.2) is 35.1 Å². The van der Waals surface area contributed by atoms with Gasteiger partial charge in [-0.2, -0.15) is 0 Å². The van der Waals surface area contributed by atoms with E-state index in [9.17, 15) is 24.2 Å². The zero-order valence-corrected chi connectivity index (χ0v) is 13.5. The van der Waals surface area contributed by atoms with Gasteiger partial charge in [0, 0.05) is 30.4 Å². The normalized spacial score (nSPS) is 14.4. The predicted octanol–water partition coefficient (Wildman–Crippen LogP) is 3.45. The monoisotopic (exact) mass is 343 g/mol. The van der Waals surface area contributed by atoms with Crippen molar-refractivity contribution in [2.45, 2.75) is 19.3 Å². The highest BCUT2D eigenvalue weighted by molar-refractivity contribution is 6.15. The Morgan fingerprint density at radius 3 is 2.24 bits per heavy atom. The van der Waals surface area contributed by atoms with Crippen LogP contribution in [0, 0.1) is 5.82 Å². The summed E-state index contributed by atoms with van der Waals surface area (Å²) in [6, 6.07) is 7.59. The second kappa shape index (κ2) is 6.93. The van der Waals surface area contributed by atoms with Crippen LogP contribution in [0.2, 0.25) is 0 Å². The van der Waals surface area contributed by atoms with Gasteiger partial charge in [-0.25, -0.2) is 9.18 Å². The van der Waals surface area contributed by atoms with Crippen molar-refractivity contribution in [3.8, 4) is 5.75 Å². The molecule has 5 nitrogen and oxygen atoms in total. The maximum Gasteiger partial charge on any atom is 0.336 e. The SMILES string of the molecule is O=C(O)c1ccc(F)cc1C(=O)c1ccc(N2CCCCC2)cc1O. The lowest BCUT2D eigenvalue weighted by Gasteiger charge is -2.29. The van der Waals surface area contributed by atoms with Crippen molar-refractivity contribution in [1.29, 1.82) is 0 Å². The van der Waals surface area contributed by atoms with Gasteiger partial charge in [-0.05, 0) is 49.6 Å². The predicted molar refractivity (Wildman–Crippen MR) is 91.0 cm³/mol. The molecule has 1 aliphatic rings. The van der Waals surface area contributed by atoms with Gasteiger partial charge in [-0.1, -0.05) is 0 Å². The molecule has 25 heavy (non-hydrogen) atoms. The van der Waals surface area contributed by atoms with Crippen LogP contribution in [0.5, 0.6) is 5.75 Å². The standard InChI is InChI=1S/C19H18FNO4/c20-12-4-6-14(19(24)25)16(10-12)18(23)15-7-5-13(11-17(15)22)21-8-2-1-3-9-21/h4-7,10-11,22H,1-3,8-9H2,(H,24,25).